The van der Waals surface area contributed by atoms with Gasteiger partial charge in [-0.05, 0) is 36.6 Å². The minimum absolute atomic E-state index is 0.657. The van der Waals surface area contributed by atoms with Crippen molar-refractivity contribution in [2.24, 2.45) is 5.92 Å². The molecule has 0 spiro atoms. The van der Waals surface area contributed by atoms with Crippen molar-refractivity contribution in [1.82, 2.24) is 15.0 Å². The van der Waals surface area contributed by atoms with E-state index in [0.29, 0.717) is 17.8 Å². The summed E-state index contributed by atoms with van der Waals surface area (Å²) in [6.45, 7) is 3.65. The molecule has 1 aliphatic heterocycles. The average molecular weight is 305 g/mol. The second-order valence-corrected chi connectivity index (χ2v) is 6.69. The van der Waals surface area contributed by atoms with Crippen LogP contribution in [0.5, 0.6) is 0 Å². The van der Waals surface area contributed by atoms with E-state index in [-0.39, 0.29) is 0 Å². The fraction of sp³-hybridized carbons (Fsp3) is 0.600. The van der Waals surface area contributed by atoms with Gasteiger partial charge in [0.25, 0.3) is 0 Å². The molecule has 112 valence electrons. The Morgan fingerprint density at radius 2 is 2.29 bits per heavy atom. The molecule has 1 atom stereocenters. The lowest BCUT2D eigenvalue weighted by atomic mass is 10.1. The molecule has 2 aromatic heterocycles. The lowest BCUT2D eigenvalue weighted by Gasteiger charge is -2.22. The number of nitrogens with zero attached hydrogens (tertiary/aromatic N) is 3. The summed E-state index contributed by atoms with van der Waals surface area (Å²) in [5.74, 6) is 2.08. The molecule has 0 aromatic carbocycles. The first-order valence-electron chi connectivity index (χ1n) is 7.55. The Kier molecular flexibility index (Phi) is 3.75. The van der Waals surface area contributed by atoms with Gasteiger partial charge < -0.3 is 9.26 Å². The Bertz CT molecular complexity index is 574. The van der Waals surface area contributed by atoms with Gasteiger partial charge in [0.2, 0.25) is 11.7 Å². The lowest BCUT2D eigenvalue weighted by Crippen LogP contribution is -2.31. The monoisotopic (exact) mass is 305 g/mol. The first kappa shape index (κ1) is 13.4. The van der Waals surface area contributed by atoms with Gasteiger partial charge in [-0.15, -0.1) is 0 Å². The largest absolute Gasteiger partial charge is 0.381 e. The second-order valence-electron chi connectivity index (χ2n) is 5.91. The predicted octanol–water partition coefficient (Wildman–Crippen LogP) is 2.80. The molecular formula is C15H19N3O2S. The van der Waals surface area contributed by atoms with Crippen LogP contribution < -0.4 is 0 Å². The quantitative estimate of drug-likeness (QED) is 0.821. The highest BCUT2D eigenvalue weighted by molar-refractivity contribution is 7.08. The summed E-state index contributed by atoms with van der Waals surface area (Å²) in [6, 6.07) is 2.72. The van der Waals surface area contributed by atoms with Gasteiger partial charge in [0, 0.05) is 30.1 Å². The van der Waals surface area contributed by atoms with E-state index in [0.717, 1.165) is 37.8 Å². The number of ether oxygens (including phenoxy) is 1. The lowest BCUT2D eigenvalue weighted by molar-refractivity contribution is 0.153. The SMILES string of the molecule is c1cc(-c2noc(CN(C[C@@H]3CCOC3)C3CC3)n2)cs1. The Labute approximate surface area is 127 Å². The van der Waals surface area contributed by atoms with E-state index in [4.69, 9.17) is 9.26 Å². The second kappa shape index (κ2) is 5.87. The van der Waals surface area contributed by atoms with Crippen LogP contribution in [-0.2, 0) is 11.3 Å². The summed E-state index contributed by atoms with van der Waals surface area (Å²) in [5, 5.41) is 8.17. The van der Waals surface area contributed by atoms with Crippen molar-refractivity contribution in [3.05, 3.63) is 22.7 Å². The van der Waals surface area contributed by atoms with Crippen LogP contribution in [-0.4, -0.2) is 40.8 Å². The molecule has 2 aromatic rings. The molecule has 2 aliphatic rings. The van der Waals surface area contributed by atoms with Crippen LogP contribution in [0.3, 0.4) is 0 Å². The molecule has 5 nitrogen and oxygen atoms in total. The molecule has 4 rings (SSSR count). The molecule has 0 amide bonds. The van der Waals surface area contributed by atoms with E-state index >= 15 is 0 Å². The molecule has 0 bridgehead atoms. The maximum Gasteiger partial charge on any atom is 0.241 e. The van der Waals surface area contributed by atoms with Gasteiger partial charge in [0.1, 0.15) is 0 Å². The van der Waals surface area contributed by atoms with Crippen LogP contribution in [0.2, 0.25) is 0 Å². The zero-order valence-electron chi connectivity index (χ0n) is 11.9. The smallest absolute Gasteiger partial charge is 0.241 e. The van der Waals surface area contributed by atoms with Gasteiger partial charge in [-0.25, -0.2) is 0 Å². The Hall–Kier alpha value is -1.24. The molecule has 3 heterocycles. The zero-order valence-corrected chi connectivity index (χ0v) is 12.7. The molecule has 1 aliphatic carbocycles. The fourth-order valence-corrected chi connectivity index (χ4v) is 3.48. The molecule has 2 fully saturated rings. The highest BCUT2D eigenvalue weighted by Crippen LogP contribution is 2.30. The Balaban J connectivity index is 1.43. The standard InChI is InChI=1S/C15H19N3O2S/c1-2-13(1)18(7-11-3-5-19-9-11)8-14-16-15(17-20-14)12-4-6-21-10-12/h4,6,10-11,13H,1-3,5,7-9H2/t11-/m0/s1. The molecule has 0 N–H and O–H groups in total. The number of aromatic nitrogens is 2. The number of hydrogen-bond donors (Lipinski definition) is 0. The number of hydrogen-bond acceptors (Lipinski definition) is 6. The maximum absolute atomic E-state index is 5.48. The fourth-order valence-electron chi connectivity index (χ4n) is 2.84. The van der Waals surface area contributed by atoms with Gasteiger partial charge in [0.15, 0.2) is 0 Å². The molecular weight excluding hydrogens is 286 g/mol. The van der Waals surface area contributed by atoms with E-state index in [9.17, 15) is 0 Å². The molecule has 1 saturated carbocycles. The van der Waals surface area contributed by atoms with Crippen molar-refractivity contribution < 1.29 is 9.26 Å². The third-order valence-electron chi connectivity index (χ3n) is 4.17. The summed E-state index contributed by atoms with van der Waals surface area (Å²) in [7, 11) is 0. The van der Waals surface area contributed by atoms with Gasteiger partial charge in [-0.1, -0.05) is 5.16 Å². The molecule has 0 radical (unpaired) electrons. The normalized spacial score (nSPS) is 22.2. The first-order chi connectivity index (χ1) is 10.4. The molecule has 0 unspecified atom stereocenters. The molecule has 1 saturated heterocycles. The summed E-state index contributed by atoms with van der Waals surface area (Å²) >= 11 is 1.65. The summed E-state index contributed by atoms with van der Waals surface area (Å²) in [4.78, 5) is 7.02. The van der Waals surface area contributed by atoms with Gasteiger partial charge in [-0.2, -0.15) is 16.3 Å². The summed E-state index contributed by atoms with van der Waals surface area (Å²) in [5.41, 5.74) is 1.04. The summed E-state index contributed by atoms with van der Waals surface area (Å²) < 4.78 is 10.9. The third-order valence-corrected chi connectivity index (χ3v) is 4.85. The van der Waals surface area contributed by atoms with Crippen LogP contribution in [0.25, 0.3) is 11.4 Å². The number of rotatable bonds is 6. The van der Waals surface area contributed by atoms with Crippen molar-refractivity contribution in [3.8, 4) is 11.4 Å². The van der Waals surface area contributed by atoms with E-state index in [1.54, 1.807) is 11.3 Å². The van der Waals surface area contributed by atoms with Crippen molar-refractivity contribution in [1.29, 1.82) is 0 Å². The highest BCUT2D eigenvalue weighted by atomic mass is 32.1. The van der Waals surface area contributed by atoms with Crippen molar-refractivity contribution in [2.45, 2.75) is 31.8 Å². The van der Waals surface area contributed by atoms with Crippen molar-refractivity contribution in [2.75, 3.05) is 19.8 Å². The Morgan fingerprint density at radius 1 is 1.33 bits per heavy atom. The summed E-state index contributed by atoms with van der Waals surface area (Å²) in [6.07, 6.45) is 3.76. The first-order valence-corrected chi connectivity index (χ1v) is 8.50. The average Bonchev–Trinajstić information content (AvgIpc) is 2.93. The van der Waals surface area contributed by atoms with Crippen molar-refractivity contribution >= 4 is 11.3 Å². The van der Waals surface area contributed by atoms with Crippen molar-refractivity contribution in [3.63, 3.8) is 0 Å². The third kappa shape index (κ3) is 3.17. The van der Waals surface area contributed by atoms with Crippen LogP contribution in [0.4, 0.5) is 0 Å². The minimum Gasteiger partial charge on any atom is -0.381 e. The number of thiophene rings is 1. The van der Waals surface area contributed by atoms with Crippen LogP contribution in [0.15, 0.2) is 21.3 Å². The van der Waals surface area contributed by atoms with E-state index in [1.807, 2.05) is 16.8 Å². The van der Waals surface area contributed by atoms with Gasteiger partial charge >= 0.3 is 0 Å². The predicted molar refractivity (Wildman–Crippen MR) is 80.0 cm³/mol. The zero-order chi connectivity index (χ0) is 14.1. The Morgan fingerprint density at radius 3 is 3.00 bits per heavy atom. The van der Waals surface area contributed by atoms with E-state index < -0.39 is 0 Å². The molecule has 21 heavy (non-hydrogen) atoms. The van der Waals surface area contributed by atoms with E-state index in [2.05, 4.69) is 15.0 Å². The highest BCUT2D eigenvalue weighted by Gasteiger charge is 2.32. The van der Waals surface area contributed by atoms with Crippen LogP contribution in [0, 0.1) is 5.92 Å². The van der Waals surface area contributed by atoms with Gasteiger partial charge in [-0.3, -0.25) is 4.90 Å². The van der Waals surface area contributed by atoms with E-state index in [1.165, 1.54) is 19.3 Å². The van der Waals surface area contributed by atoms with Crippen LogP contribution >= 0.6 is 11.3 Å². The topological polar surface area (TPSA) is 51.4 Å². The van der Waals surface area contributed by atoms with Crippen LogP contribution in [0.1, 0.15) is 25.2 Å². The maximum atomic E-state index is 5.48. The van der Waals surface area contributed by atoms with Gasteiger partial charge in [0.05, 0.1) is 13.2 Å². The molecule has 6 heteroatoms. The minimum atomic E-state index is 0.657.